The summed E-state index contributed by atoms with van der Waals surface area (Å²) in [5.74, 6) is 0. The molecular weight excluding hydrogens is 744 g/mol. The van der Waals surface area contributed by atoms with Crippen LogP contribution in [0.15, 0.2) is 37.0 Å². The lowest BCUT2D eigenvalue weighted by atomic mass is 10.8. The summed E-state index contributed by atoms with van der Waals surface area (Å²) in [6.07, 6.45) is 6.85. The lowest BCUT2D eigenvalue weighted by molar-refractivity contribution is 0.176. The zero-order valence-corrected chi connectivity index (χ0v) is 31.3. The summed E-state index contributed by atoms with van der Waals surface area (Å²) in [7, 11) is -19.4. The van der Waals surface area contributed by atoms with Crippen molar-refractivity contribution in [2.24, 2.45) is 0 Å². The Morgan fingerprint density at radius 1 is 0.400 bits per heavy atom. The Kier molecular flexibility index (Phi) is 34.5. The highest BCUT2D eigenvalue weighted by Gasteiger charge is 2.38. The van der Waals surface area contributed by atoms with E-state index in [0.29, 0.717) is 0 Å². The molecule has 45 heavy (non-hydrogen) atoms. The topological polar surface area (TPSA) is 379 Å². The van der Waals surface area contributed by atoms with E-state index in [4.69, 9.17) is 14.7 Å². The monoisotopic (exact) mass is 789 g/mol. The van der Waals surface area contributed by atoms with Crippen LogP contribution in [0.2, 0.25) is 0 Å². The van der Waals surface area contributed by atoms with E-state index in [1.807, 2.05) is 0 Å². The van der Waals surface area contributed by atoms with E-state index in [9.17, 15) is 27.4 Å². The number of rotatable bonds is 18. The normalized spacial score (nSPS) is 15.7. The molecule has 0 saturated carbocycles. The van der Waals surface area contributed by atoms with Crippen molar-refractivity contribution in [2.75, 3.05) is 42.7 Å². The van der Waals surface area contributed by atoms with Gasteiger partial charge in [-0.1, -0.05) is 18.2 Å². The maximum Gasteiger partial charge on any atom is 0.535 e. The molecule has 0 aliphatic carbocycles. The fraction of sp³-hybridized carbons (Fsp3) is 0.600. The van der Waals surface area contributed by atoms with Gasteiger partial charge in [0.25, 0.3) is 0 Å². The Morgan fingerprint density at radius 3 is 0.667 bits per heavy atom. The molecule has 0 aromatic heterocycles. The van der Waals surface area contributed by atoms with Crippen molar-refractivity contribution in [3.05, 3.63) is 37.0 Å². The van der Waals surface area contributed by atoms with Crippen LogP contribution in [0, 0.1) is 0 Å². The average molecular weight is 789 g/mol. The zero-order valence-electron chi connectivity index (χ0n) is 26.0. The van der Waals surface area contributed by atoms with Gasteiger partial charge < -0.3 is 32.0 Å². The Labute approximate surface area is 261 Å². The lowest BCUT2D eigenvalue weighted by Gasteiger charge is -2.15. The van der Waals surface area contributed by atoms with E-state index in [-0.39, 0.29) is 18.5 Å². The molecule has 30 heteroatoms. The molecule has 0 aromatic rings. The summed E-state index contributed by atoms with van der Waals surface area (Å²) >= 11 is 0. The predicted octanol–water partition coefficient (Wildman–Crippen LogP) is 6.65. The molecule has 0 aromatic carbocycles. The van der Waals surface area contributed by atoms with E-state index in [1.54, 1.807) is 20.8 Å². The van der Waals surface area contributed by atoms with Crippen LogP contribution in [0.5, 0.6) is 0 Å². The average Bonchev–Trinajstić information content (AvgIpc) is 2.93. The van der Waals surface area contributed by atoms with Gasteiger partial charge in [0.1, 0.15) is 0 Å². The van der Waals surface area contributed by atoms with Crippen LogP contribution in [-0.2, 0) is 81.0 Å². The SMILES string of the molecule is CC=COP(=O)(O)OP(=O)(OC)OC.CC=COP(=O)(O)OP(=O)(OC)OC.CC=COP(=O)(O)OP(=O)(OC)OC.N.N.N. The number of allylic oxidation sites excluding steroid dienone is 3. The van der Waals surface area contributed by atoms with Crippen molar-refractivity contribution in [2.45, 2.75) is 20.8 Å². The first-order chi connectivity index (χ1) is 19.2. The van der Waals surface area contributed by atoms with E-state index < -0.39 is 46.9 Å². The van der Waals surface area contributed by atoms with E-state index >= 15 is 0 Å². The Bertz CT molecular complexity index is 987. The molecule has 276 valence electrons. The zero-order chi connectivity index (χ0) is 33.7. The van der Waals surface area contributed by atoms with Gasteiger partial charge in [-0.15, -0.1) is 0 Å². The third-order valence-electron chi connectivity index (χ3n) is 2.94. The van der Waals surface area contributed by atoms with Crippen molar-refractivity contribution >= 4 is 46.9 Å². The van der Waals surface area contributed by atoms with E-state index in [1.165, 1.54) is 18.2 Å². The highest BCUT2D eigenvalue weighted by Crippen LogP contribution is 2.64. The maximum absolute atomic E-state index is 11.2. The Hall–Kier alpha value is -0.600. The Balaban J connectivity index is -0.000000123. The van der Waals surface area contributed by atoms with Crippen LogP contribution in [0.1, 0.15) is 20.8 Å². The summed E-state index contributed by atoms with van der Waals surface area (Å²) in [4.78, 5) is 26.9. The first-order valence-electron chi connectivity index (χ1n) is 10.3. The van der Waals surface area contributed by atoms with Gasteiger partial charge in [-0.2, -0.15) is 12.9 Å². The van der Waals surface area contributed by atoms with Crippen molar-refractivity contribution in [1.29, 1.82) is 0 Å². The molecule has 24 nitrogen and oxygen atoms in total. The first-order valence-corrected chi connectivity index (χ1v) is 19.2. The van der Waals surface area contributed by atoms with Gasteiger partial charge >= 0.3 is 46.9 Å². The highest BCUT2D eigenvalue weighted by atomic mass is 31.3. The molecule has 0 saturated heterocycles. The third kappa shape index (κ3) is 29.3. The minimum Gasteiger partial charge on any atom is -0.412 e. The molecule has 3 atom stereocenters. The molecule has 0 spiro atoms. The lowest BCUT2D eigenvalue weighted by Crippen LogP contribution is -1.94. The van der Waals surface area contributed by atoms with Gasteiger partial charge in [0.05, 0.1) is 18.8 Å². The largest absolute Gasteiger partial charge is 0.535 e. The van der Waals surface area contributed by atoms with Gasteiger partial charge in [-0.3, -0.25) is 41.8 Å². The maximum atomic E-state index is 11.2. The second-order valence-electron chi connectivity index (χ2n) is 5.81. The summed E-state index contributed by atoms with van der Waals surface area (Å²) < 4.78 is 118. The molecule has 3 unspecified atom stereocenters. The minimum absolute atomic E-state index is 0. The van der Waals surface area contributed by atoms with Crippen molar-refractivity contribution in [3.63, 3.8) is 0 Å². The molecule has 0 radical (unpaired) electrons. The van der Waals surface area contributed by atoms with Crippen LogP contribution in [-0.4, -0.2) is 57.3 Å². The van der Waals surface area contributed by atoms with Crippen molar-refractivity contribution < 1.29 is 95.7 Å². The quantitative estimate of drug-likeness (QED) is 0.0624. The fourth-order valence-corrected chi connectivity index (χ4v) is 7.64. The smallest absolute Gasteiger partial charge is 0.412 e. The van der Waals surface area contributed by atoms with Gasteiger partial charge in [-0.05, 0) is 20.8 Å². The summed E-state index contributed by atoms with van der Waals surface area (Å²) in [5, 5.41) is 0. The molecule has 0 heterocycles. The summed E-state index contributed by atoms with van der Waals surface area (Å²) in [5.41, 5.74) is 0. The van der Waals surface area contributed by atoms with Crippen LogP contribution in [0.3, 0.4) is 0 Å². The van der Waals surface area contributed by atoms with Gasteiger partial charge in [0, 0.05) is 42.7 Å². The molecule has 0 bridgehead atoms. The second kappa shape index (κ2) is 27.4. The van der Waals surface area contributed by atoms with Gasteiger partial charge in [0.15, 0.2) is 0 Å². The van der Waals surface area contributed by atoms with Crippen LogP contribution < -0.4 is 18.5 Å². The fourth-order valence-electron chi connectivity index (χ4n) is 1.27. The van der Waals surface area contributed by atoms with Crippen LogP contribution in [0.4, 0.5) is 0 Å². The molecule has 12 N–H and O–H groups in total. The number of phosphoric acid groups is 6. The number of phosphoric ester groups is 6. The van der Waals surface area contributed by atoms with Crippen molar-refractivity contribution in [3.8, 4) is 0 Å². The molecule has 0 amide bonds. The van der Waals surface area contributed by atoms with Gasteiger partial charge in [0.2, 0.25) is 0 Å². The predicted molar refractivity (Wildman–Crippen MR) is 160 cm³/mol. The minimum atomic E-state index is -4.46. The molecule has 0 fully saturated rings. The van der Waals surface area contributed by atoms with Crippen LogP contribution in [0.25, 0.3) is 0 Å². The van der Waals surface area contributed by atoms with Crippen LogP contribution >= 0.6 is 46.9 Å². The molecular formula is C15H45N3O21P6. The van der Waals surface area contributed by atoms with Gasteiger partial charge in [-0.25, -0.2) is 27.4 Å². The number of hydrogen-bond acceptors (Lipinski definition) is 21. The number of hydrogen-bond donors (Lipinski definition) is 6. The molecule has 0 aliphatic heterocycles. The first kappa shape index (κ1) is 56.7. The van der Waals surface area contributed by atoms with E-state index in [0.717, 1.165) is 61.4 Å². The highest BCUT2D eigenvalue weighted by molar-refractivity contribution is 7.62. The molecule has 0 rings (SSSR count). The third-order valence-corrected chi connectivity index (χ3v) is 11.7. The summed E-state index contributed by atoms with van der Waals surface area (Å²) in [6.45, 7) is 4.69. The second-order valence-corrected chi connectivity index (χ2v) is 16.1. The summed E-state index contributed by atoms with van der Waals surface area (Å²) in [6, 6.07) is 0. The molecule has 0 aliphatic rings. The van der Waals surface area contributed by atoms with Crippen molar-refractivity contribution in [1.82, 2.24) is 18.5 Å². The Morgan fingerprint density at radius 2 is 0.556 bits per heavy atom. The van der Waals surface area contributed by atoms with E-state index in [2.05, 4.69) is 53.6 Å². The standard InChI is InChI=1S/3C5H12O7P2.3H3N/c3*1-4-5-11-13(6,7)12-14(8,9-2)10-3;;;/h3*4-5H,1-3H3,(H,6,7);3*1H3.